The lowest BCUT2D eigenvalue weighted by atomic mass is 10.0. The summed E-state index contributed by atoms with van der Waals surface area (Å²) >= 11 is 0. The molecule has 1 aromatic carbocycles. The molecule has 0 amide bonds. The second-order valence-corrected chi connectivity index (χ2v) is 10.5. The maximum atomic E-state index is 12.2. The van der Waals surface area contributed by atoms with Gasteiger partial charge in [0.1, 0.15) is 0 Å². The average molecular weight is 393 g/mol. The molecule has 0 radical (unpaired) electrons. The van der Waals surface area contributed by atoms with Crippen LogP contribution in [0.25, 0.3) is 0 Å². The van der Waals surface area contributed by atoms with Gasteiger partial charge in [-0.25, -0.2) is 0 Å². The second-order valence-electron chi connectivity index (χ2n) is 8.19. The van der Waals surface area contributed by atoms with Crippen LogP contribution in [-0.4, -0.2) is 52.9 Å². The van der Waals surface area contributed by atoms with Gasteiger partial charge in [0.25, 0.3) is 0 Å². The number of nitrogens with zero attached hydrogens (tertiary/aromatic N) is 2. The Balaban J connectivity index is 1.93. The quantitative estimate of drug-likeness (QED) is 0.577. The molecule has 1 fully saturated rings. The molecule has 152 valence electrons. The fourth-order valence-electron chi connectivity index (χ4n) is 3.14. The minimum absolute atomic E-state index is 0.181. The minimum Gasteiger partial charge on any atom is -0.369 e. The highest BCUT2D eigenvalue weighted by molar-refractivity contribution is 7.86. The lowest BCUT2D eigenvalue weighted by Gasteiger charge is -2.35. The highest BCUT2D eigenvalue weighted by Crippen LogP contribution is 2.20. The molecule has 5 nitrogen and oxygen atoms in total. The molecule has 0 spiro atoms. The Hall–Kier alpha value is -1.56. The van der Waals surface area contributed by atoms with Crippen molar-refractivity contribution >= 4 is 22.4 Å². The van der Waals surface area contributed by atoms with Gasteiger partial charge in [0.05, 0.1) is 6.54 Å². The van der Waals surface area contributed by atoms with Crippen molar-refractivity contribution in [2.45, 2.75) is 58.2 Å². The molecule has 1 aliphatic rings. The van der Waals surface area contributed by atoms with Gasteiger partial charge in [-0.2, -0.15) is 0 Å². The Kier molecular flexibility index (Phi) is 8.14. The van der Waals surface area contributed by atoms with Crippen molar-refractivity contribution in [1.82, 2.24) is 10.6 Å². The van der Waals surface area contributed by atoms with E-state index in [0.29, 0.717) is 18.3 Å². The van der Waals surface area contributed by atoms with E-state index in [2.05, 4.69) is 58.6 Å². The van der Waals surface area contributed by atoms with Gasteiger partial charge in [0.2, 0.25) is 0 Å². The van der Waals surface area contributed by atoms with Crippen LogP contribution in [0.1, 0.15) is 46.1 Å². The number of benzene rings is 1. The van der Waals surface area contributed by atoms with Gasteiger partial charge in [-0.15, -0.1) is 0 Å². The summed E-state index contributed by atoms with van der Waals surface area (Å²) in [5.41, 5.74) is 2.58. The molecular formula is C21H36N4OS. The summed E-state index contributed by atoms with van der Waals surface area (Å²) in [6.45, 7) is 13.7. The Morgan fingerprint density at radius 3 is 2.63 bits per heavy atom. The molecule has 0 bridgehead atoms. The first-order chi connectivity index (χ1) is 12.8. The van der Waals surface area contributed by atoms with Gasteiger partial charge in [-0.3, -0.25) is 9.20 Å². The Morgan fingerprint density at radius 1 is 1.30 bits per heavy atom. The number of rotatable bonds is 6. The standard InChI is InChI=1S/C21H36N4OS/c1-6-22-20(23-13-15-27(26)21(3,4)5)24-18-8-7-14-25(16-18)19-11-9-17(2)10-12-19/h9-12,18H,6-8,13-16H2,1-5H3,(H2,22,23,24). The van der Waals surface area contributed by atoms with E-state index in [1.807, 2.05) is 20.8 Å². The van der Waals surface area contributed by atoms with Gasteiger partial charge < -0.3 is 15.5 Å². The van der Waals surface area contributed by atoms with Crippen LogP contribution in [0.3, 0.4) is 0 Å². The normalized spacial score (nSPS) is 19.7. The van der Waals surface area contributed by atoms with Crippen LogP contribution < -0.4 is 15.5 Å². The molecule has 1 aromatic rings. The lowest BCUT2D eigenvalue weighted by Crippen LogP contribution is -2.51. The summed E-state index contributed by atoms with van der Waals surface area (Å²) in [6, 6.07) is 9.13. The average Bonchev–Trinajstić information content (AvgIpc) is 2.62. The van der Waals surface area contributed by atoms with E-state index in [-0.39, 0.29) is 4.75 Å². The predicted molar refractivity (Wildman–Crippen MR) is 118 cm³/mol. The summed E-state index contributed by atoms with van der Waals surface area (Å²) < 4.78 is 12.0. The van der Waals surface area contributed by atoms with Crippen molar-refractivity contribution in [3.05, 3.63) is 29.8 Å². The first-order valence-corrected chi connectivity index (χ1v) is 11.4. The zero-order valence-electron chi connectivity index (χ0n) is 17.5. The van der Waals surface area contributed by atoms with E-state index >= 15 is 0 Å². The summed E-state index contributed by atoms with van der Waals surface area (Å²) in [7, 11) is -0.868. The molecule has 0 saturated carbocycles. The van der Waals surface area contributed by atoms with Gasteiger partial charge >= 0.3 is 0 Å². The topological polar surface area (TPSA) is 56.7 Å². The molecule has 1 aliphatic heterocycles. The maximum absolute atomic E-state index is 12.2. The van der Waals surface area contributed by atoms with Crippen molar-refractivity contribution in [3.63, 3.8) is 0 Å². The van der Waals surface area contributed by atoms with E-state index in [1.54, 1.807) is 0 Å². The molecule has 2 N–H and O–H groups in total. The molecule has 2 rings (SSSR count). The van der Waals surface area contributed by atoms with Crippen molar-refractivity contribution in [1.29, 1.82) is 0 Å². The van der Waals surface area contributed by atoms with Crippen LogP contribution in [0.2, 0.25) is 0 Å². The Bertz CT molecular complexity index is 637. The zero-order chi connectivity index (χ0) is 19.9. The number of aliphatic imine (C=N–C) groups is 1. The van der Waals surface area contributed by atoms with Crippen LogP contribution in [-0.2, 0) is 10.8 Å². The second kappa shape index (κ2) is 10.1. The van der Waals surface area contributed by atoms with Gasteiger partial charge in [-0.1, -0.05) is 17.7 Å². The van der Waals surface area contributed by atoms with Crippen molar-refractivity contribution < 1.29 is 4.21 Å². The molecule has 2 unspecified atom stereocenters. The van der Waals surface area contributed by atoms with E-state index in [9.17, 15) is 4.21 Å². The van der Waals surface area contributed by atoms with Crippen molar-refractivity contribution in [3.8, 4) is 0 Å². The van der Waals surface area contributed by atoms with E-state index < -0.39 is 10.8 Å². The van der Waals surface area contributed by atoms with Crippen LogP contribution in [0, 0.1) is 6.92 Å². The van der Waals surface area contributed by atoms with Crippen LogP contribution in [0.4, 0.5) is 5.69 Å². The third-order valence-electron chi connectivity index (χ3n) is 4.74. The fraction of sp³-hybridized carbons (Fsp3) is 0.667. The fourth-order valence-corrected chi connectivity index (χ4v) is 4.01. The Morgan fingerprint density at radius 2 is 2.00 bits per heavy atom. The summed E-state index contributed by atoms with van der Waals surface area (Å²) in [5.74, 6) is 1.43. The van der Waals surface area contributed by atoms with E-state index in [0.717, 1.165) is 32.0 Å². The minimum atomic E-state index is -0.868. The van der Waals surface area contributed by atoms with Crippen molar-refractivity contribution in [2.24, 2.45) is 4.99 Å². The number of anilines is 1. The van der Waals surface area contributed by atoms with E-state index in [1.165, 1.54) is 17.7 Å². The molecule has 1 heterocycles. The van der Waals surface area contributed by atoms with Crippen LogP contribution in [0.15, 0.2) is 29.3 Å². The molecule has 0 aromatic heterocycles. The maximum Gasteiger partial charge on any atom is 0.191 e. The van der Waals surface area contributed by atoms with E-state index in [4.69, 9.17) is 0 Å². The summed E-state index contributed by atoms with van der Waals surface area (Å²) in [5, 5.41) is 6.90. The van der Waals surface area contributed by atoms with Gasteiger partial charge in [0.15, 0.2) is 5.96 Å². The van der Waals surface area contributed by atoms with Gasteiger partial charge in [-0.05, 0) is 59.6 Å². The number of piperidine rings is 1. The summed E-state index contributed by atoms with van der Waals surface area (Å²) in [4.78, 5) is 7.10. The first-order valence-electron chi connectivity index (χ1n) is 10.0. The molecule has 1 saturated heterocycles. The molecular weight excluding hydrogens is 356 g/mol. The molecule has 2 atom stereocenters. The lowest BCUT2D eigenvalue weighted by molar-refractivity contribution is 0.468. The number of guanidine groups is 1. The van der Waals surface area contributed by atoms with Crippen molar-refractivity contribution in [2.75, 3.05) is 36.8 Å². The van der Waals surface area contributed by atoms with Crippen LogP contribution in [0.5, 0.6) is 0 Å². The zero-order valence-corrected chi connectivity index (χ0v) is 18.4. The largest absolute Gasteiger partial charge is 0.369 e. The number of hydrogen-bond donors (Lipinski definition) is 2. The number of aryl methyl sites for hydroxylation is 1. The smallest absolute Gasteiger partial charge is 0.191 e. The molecule has 6 heteroatoms. The Labute approximate surface area is 167 Å². The van der Waals surface area contributed by atoms with Gasteiger partial charge in [0, 0.05) is 52.7 Å². The summed E-state index contributed by atoms with van der Waals surface area (Å²) in [6.07, 6.45) is 2.31. The predicted octanol–water partition coefficient (Wildman–Crippen LogP) is 3.07. The van der Waals surface area contributed by atoms with Crippen LogP contribution >= 0.6 is 0 Å². The highest BCUT2D eigenvalue weighted by atomic mass is 32.2. The first kappa shape index (κ1) is 21.7. The SMILES string of the molecule is CCNC(=NCCS(=O)C(C)(C)C)NC1CCCN(c2ccc(C)cc2)C1. The monoisotopic (exact) mass is 392 g/mol. The number of nitrogens with one attached hydrogen (secondary N) is 2. The molecule has 27 heavy (non-hydrogen) atoms. The third-order valence-corrected chi connectivity index (χ3v) is 6.65. The third kappa shape index (κ3) is 7.17. The number of hydrogen-bond acceptors (Lipinski definition) is 3. The highest BCUT2D eigenvalue weighted by Gasteiger charge is 2.21. The molecule has 0 aliphatic carbocycles.